The number of thiocarbonyl (C=S) groups is 1. The molecule has 1 aromatic heterocycles. The average molecular weight is 363 g/mol. The van der Waals surface area contributed by atoms with Gasteiger partial charge in [0.2, 0.25) is 6.79 Å². The Hall–Kier alpha value is -2.32. The maximum absolute atomic E-state index is 12.3. The van der Waals surface area contributed by atoms with Crippen LogP contribution in [0.25, 0.3) is 0 Å². The van der Waals surface area contributed by atoms with Gasteiger partial charge >= 0.3 is 0 Å². The van der Waals surface area contributed by atoms with Crippen LogP contribution in [-0.4, -0.2) is 17.8 Å². The van der Waals surface area contributed by atoms with E-state index in [2.05, 4.69) is 16.2 Å². The summed E-state index contributed by atoms with van der Waals surface area (Å²) < 4.78 is 10.6. The van der Waals surface area contributed by atoms with E-state index in [9.17, 15) is 4.79 Å². The summed E-state index contributed by atoms with van der Waals surface area (Å²) in [6.45, 7) is 4.27. The number of anilines is 1. The van der Waals surface area contributed by atoms with Crippen molar-refractivity contribution in [1.29, 1.82) is 0 Å². The van der Waals surface area contributed by atoms with E-state index in [1.165, 1.54) is 0 Å². The highest BCUT2D eigenvalue weighted by molar-refractivity contribution is 7.80. The van der Waals surface area contributed by atoms with Gasteiger partial charge in [0.25, 0.3) is 5.91 Å². The van der Waals surface area contributed by atoms with Crippen molar-refractivity contribution >= 4 is 40.3 Å². The number of aryl methyl sites for hydroxylation is 1. The molecule has 8 heteroatoms. The van der Waals surface area contributed by atoms with Crippen LogP contribution in [0.1, 0.15) is 27.7 Å². The molecule has 0 bridgehead atoms. The molecule has 3 rings (SSSR count). The van der Waals surface area contributed by atoms with Crippen LogP contribution in [-0.2, 0) is 6.42 Å². The zero-order valence-electron chi connectivity index (χ0n) is 13.3. The highest BCUT2D eigenvalue weighted by Gasteiger charge is 2.15. The minimum atomic E-state index is -0.203. The Morgan fingerprint density at radius 2 is 2.08 bits per heavy atom. The minimum absolute atomic E-state index is 0.203. The number of ether oxygens (including phenoxy) is 2. The summed E-state index contributed by atoms with van der Waals surface area (Å²) in [6, 6.07) is 5.41. The van der Waals surface area contributed by atoms with Gasteiger partial charge in [0.1, 0.15) is 0 Å². The van der Waals surface area contributed by atoms with Crippen LogP contribution in [0.5, 0.6) is 11.5 Å². The highest BCUT2D eigenvalue weighted by Crippen LogP contribution is 2.34. The van der Waals surface area contributed by atoms with E-state index >= 15 is 0 Å². The Labute approximate surface area is 149 Å². The Morgan fingerprint density at radius 1 is 1.29 bits per heavy atom. The molecule has 2 aromatic rings. The summed E-state index contributed by atoms with van der Waals surface area (Å²) in [5.74, 6) is 1.16. The van der Waals surface area contributed by atoms with Crippen molar-refractivity contribution in [2.45, 2.75) is 20.3 Å². The first-order valence-electron chi connectivity index (χ1n) is 7.42. The fourth-order valence-corrected chi connectivity index (χ4v) is 3.54. The Bertz CT molecular complexity index is 789. The first-order valence-corrected chi connectivity index (χ1v) is 8.71. The number of hydrazine groups is 1. The molecule has 0 fully saturated rings. The predicted octanol–water partition coefficient (Wildman–Crippen LogP) is 2.98. The maximum Gasteiger partial charge on any atom is 0.270 e. The quantitative estimate of drug-likeness (QED) is 0.575. The molecule has 0 aliphatic carbocycles. The van der Waals surface area contributed by atoms with Crippen LogP contribution in [0, 0.1) is 6.92 Å². The lowest BCUT2D eigenvalue weighted by atomic mass is 10.1. The number of carbonyl (C=O) groups excluding carboxylic acids is 1. The molecule has 0 spiro atoms. The van der Waals surface area contributed by atoms with Gasteiger partial charge < -0.3 is 14.8 Å². The van der Waals surface area contributed by atoms with E-state index in [0.717, 1.165) is 22.5 Å². The van der Waals surface area contributed by atoms with E-state index in [0.29, 0.717) is 17.1 Å². The molecule has 0 unspecified atom stereocenters. The van der Waals surface area contributed by atoms with E-state index in [-0.39, 0.29) is 17.8 Å². The maximum atomic E-state index is 12.3. The van der Waals surface area contributed by atoms with Crippen LogP contribution >= 0.6 is 23.6 Å². The van der Waals surface area contributed by atoms with E-state index < -0.39 is 0 Å². The van der Waals surface area contributed by atoms with E-state index in [4.69, 9.17) is 21.7 Å². The third-order valence-electron chi connectivity index (χ3n) is 3.62. The standard InChI is InChI=1S/C16H17N3O3S2/c1-3-11-9(2)24-7-12(11)15(20)18-19-16(23)17-10-4-5-13-14(6-10)22-8-21-13/h4-7H,3,8H2,1-2H3,(H,18,20)(H2,17,19,23). The molecular weight excluding hydrogens is 346 g/mol. The second-order valence-electron chi connectivity index (χ2n) is 5.14. The topological polar surface area (TPSA) is 71.6 Å². The van der Waals surface area contributed by atoms with Gasteiger partial charge in [0.05, 0.1) is 5.56 Å². The van der Waals surface area contributed by atoms with Crippen molar-refractivity contribution < 1.29 is 14.3 Å². The van der Waals surface area contributed by atoms with Gasteiger partial charge in [0.15, 0.2) is 16.6 Å². The van der Waals surface area contributed by atoms with Gasteiger partial charge in [-0.3, -0.25) is 15.6 Å². The second-order valence-corrected chi connectivity index (χ2v) is 6.63. The van der Waals surface area contributed by atoms with E-state index in [1.54, 1.807) is 23.5 Å². The lowest BCUT2D eigenvalue weighted by Gasteiger charge is -2.12. The average Bonchev–Trinajstić information content (AvgIpc) is 3.18. The van der Waals surface area contributed by atoms with Crippen LogP contribution in [0.2, 0.25) is 0 Å². The Kier molecular flexibility index (Phi) is 4.86. The molecule has 1 aromatic carbocycles. The Balaban J connectivity index is 1.56. The van der Waals surface area contributed by atoms with Crippen molar-refractivity contribution in [2.75, 3.05) is 12.1 Å². The van der Waals surface area contributed by atoms with Gasteiger partial charge in [-0.15, -0.1) is 11.3 Å². The molecule has 0 atom stereocenters. The molecule has 1 aliphatic rings. The van der Waals surface area contributed by atoms with Crippen molar-refractivity contribution in [3.8, 4) is 11.5 Å². The lowest BCUT2D eigenvalue weighted by Crippen LogP contribution is -2.43. The smallest absolute Gasteiger partial charge is 0.270 e. The third kappa shape index (κ3) is 3.44. The second kappa shape index (κ2) is 7.06. The first-order chi connectivity index (χ1) is 11.6. The van der Waals surface area contributed by atoms with E-state index in [1.807, 2.05) is 25.3 Å². The summed E-state index contributed by atoms with van der Waals surface area (Å²) in [5, 5.41) is 5.13. The van der Waals surface area contributed by atoms with Gasteiger partial charge in [-0.2, -0.15) is 0 Å². The SMILES string of the molecule is CCc1c(C(=O)NNC(=S)Nc2ccc3c(c2)OCO3)csc1C. The van der Waals surface area contributed by atoms with Crippen LogP contribution in [0.3, 0.4) is 0 Å². The molecule has 1 aliphatic heterocycles. The summed E-state index contributed by atoms with van der Waals surface area (Å²) in [7, 11) is 0. The van der Waals surface area contributed by atoms with Crippen LogP contribution < -0.4 is 25.6 Å². The molecule has 0 saturated heterocycles. The minimum Gasteiger partial charge on any atom is -0.454 e. The molecule has 0 radical (unpaired) electrons. The third-order valence-corrected chi connectivity index (χ3v) is 4.78. The Morgan fingerprint density at radius 3 is 2.88 bits per heavy atom. The van der Waals surface area contributed by atoms with Crippen molar-refractivity contribution in [3.63, 3.8) is 0 Å². The van der Waals surface area contributed by atoms with Crippen LogP contribution in [0.4, 0.5) is 5.69 Å². The number of rotatable bonds is 3. The zero-order valence-corrected chi connectivity index (χ0v) is 14.9. The van der Waals surface area contributed by atoms with Gasteiger partial charge in [-0.05, 0) is 43.3 Å². The predicted molar refractivity (Wildman–Crippen MR) is 97.8 cm³/mol. The van der Waals surface area contributed by atoms with Crippen molar-refractivity contribution in [2.24, 2.45) is 0 Å². The molecular formula is C16H17N3O3S2. The number of hydrogen-bond acceptors (Lipinski definition) is 5. The molecule has 24 heavy (non-hydrogen) atoms. The van der Waals surface area contributed by atoms with Gasteiger partial charge in [-0.25, -0.2) is 0 Å². The van der Waals surface area contributed by atoms with Gasteiger partial charge in [0, 0.05) is 22.0 Å². The molecule has 1 amide bonds. The zero-order chi connectivity index (χ0) is 17.1. The number of nitrogens with one attached hydrogen (secondary N) is 3. The van der Waals surface area contributed by atoms with Gasteiger partial charge in [-0.1, -0.05) is 6.92 Å². The summed E-state index contributed by atoms with van der Waals surface area (Å²) in [5.41, 5.74) is 7.81. The molecule has 6 nitrogen and oxygen atoms in total. The summed E-state index contributed by atoms with van der Waals surface area (Å²) in [4.78, 5) is 13.4. The monoisotopic (exact) mass is 363 g/mol. The molecule has 2 heterocycles. The summed E-state index contributed by atoms with van der Waals surface area (Å²) >= 11 is 6.76. The normalized spacial score (nSPS) is 11.9. The highest BCUT2D eigenvalue weighted by atomic mass is 32.1. The van der Waals surface area contributed by atoms with Crippen molar-refractivity contribution in [1.82, 2.24) is 10.9 Å². The molecule has 3 N–H and O–H groups in total. The summed E-state index contributed by atoms with van der Waals surface area (Å²) in [6.07, 6.45) is 0.817. The number of hydrogen-bond donors (Lipinski definition) is 3. The number of fused-ring (bicyclic) bond motifs is 1. The largest absolute Gasteiger partial charge is 0.454 e. The number of amides is 1. The number of thiophene rings is 1. The fourth-order valence-electron chi connectivity index (χ4n) is 2.43. The molecule has 126 valence electrons. The van der Waals surface area contributed by atoms with Crippen LogP contribution in [0.15, 0.2) is 23.6 Å². The van der Waals surface area contributed by atoms with Crippen molar-refractivity contribution in [3.05, 3.63) is 39.6 Å². The number of carbonyl (C=O) groups is 1. The molecule has 0 saturated carbocycles. The number of benzene rings is 1. The first kappa shape index (κ1) is 16.5. The fraction of sp³-hybridized carbons (Fsp3) is 0.250. The lowest BCUT2D eigenvalue weighted by molar-refractivity contribution is 0.0943.